The molecule has 56 heavy (non-hydrogen) atoms. The molecule has 6 N–H and O–H groups in total. The van der Waals surface area contributed by atoms with E-state index in [4.69, 9.17) is 11.5 Å². The van der Waals surface area contributed by atoms with Crippen LogP contribution in [0.5, 0.6) is 0 Å². The maximum atomic E-state index is 13.8. The molecule has 2 aromatic carbocycles. The number of benzene rings is 2. The standard InChI is InChI=1S/2C22H31N3O3/c2*1-10-11(2)13-14(15(23)12(10)3)22(8,9)25(18(13)27)16-17(26)24-19(28)21(6,7)20(16,4)5/h2*16H,23H2,1-9H3,(H,24,26,28)/t2*16-/m10/s1/i2*16D. The molecule has 4 heterocycles. The highest BCUT2D eigenvalue weighted by Gasteiger charge is 2.64. The third kappa shape index (κ3) is 5.15. The van der Waals surface area contributed by atoms with Gasteiger partial charge in [-0.15, -0.1) is 0 Å². The van der Waals surface area contributed by atoms with E-state index >= 15 is 0 Å². The summed E-state index contributed by atoms with van der Waals surface area (Å²) in [4.78, 5) is 81.6. The molecule has 0 aromatic heterocycles. The molecule has 0 aliphatic carbocycles. The number of nitrogen functional groups attached to an aromatic ring is 2. The minimum atomic E-state index is -2.01. The molecule has 6 amide bonds. The Kier molecular flexibility index (Phi) is 8.73. The van der Waals surface area contributed by atoms with Crippen LogP contribution in [-0.4, -0.2) is 57.3 Å². The molecule has 2 fully saturated rings. The maximum Gasteiger partial charge on any atom is 0.255 e. The number of hydrogen-bond acceptors (Lipinski definition) is 8. The van der Waals surface area contributed by atoms with Crippen molar-refractivity contribution in [2.75, 3.05) is 11.5 Å². The number of carbonyl (C=O) groups excluding carboxylic acids is 6. The van der Waals surface area contributed by atoms with Crippen LogP contribution in [0.2, 0.25) is 0 Å². The fourth-order valence-corrected chi connectivity index (χ4v) is 9.01. The Balaban J connectivity index is 0.000000221. The van der Waals surface area contributed by atoms with Crippen LogP contribution in [0.25, 0.3) is 0 Å². The van der Waals surface area contributed by atoms with E-state index in [-0.39, 0.29) is 0 Å². The van der Waals surface area contributed by atoms with Crippen molar-refractivity contribution in [2.24, 2.45) is 21.7 Å². The van der Waals surface area contributed by atoms with Crippen molar-refractivity contribution >= 4 is 46.8 Å². The van der Waals surface area contributed by atoms with Crippen molar-refractivity contribution in [3.05, 3.63) is 55.6 Å². The van der Waals surface area contributed by atoms with Gasteiger partial charge in [-0.1, -0.05) is 55.4 Å². The topological polar surface area (TPSA) is 185 Å². The minimum absolute atomic E-state index is 0.402. The van der Waals surface area contributed by atoms with Crippen LogP contribution in [0, 0.1) is 63.2 Å². The molecule has 4 aliphatic heterocycles. The average Bonchev–Trinajstić information content (AvgIpc) is 3.46. The van der Waals surface area contributed by atoms with Crippen LogP contribution in [0.15, 0.2) is 0 Å². The van der Waals surface area contributed by atoms with Gasteiger partial charge in [0.15, 0.2) is 0 Å². The molecular weight excluding hydrogens is 709 g/mol. The van der Waals surface area contributed by atoms with Gasteiger partial charge in [-0.25, -0.2) is 0 Å². The Morgan fingerprint density at radius 1 is 0.482 bits per heavy atom. The summed E-state index contributed by atoms with van der Waals surface area (Å²) < 4.78 is 18.8. The number of carbonyl (C=O) groups is 6. The molecule has 0 saturated carbocycles. The van der Waals surface area contributed by atoms with Gasteiger partial charge in [0.05, 0.1) is 35.8 Å². The summed E-state index contributed by atoms with van der Waals surface area (Å²) in [6, 6.07) is -4.02. The van der Waals surface area contributed by atoms with Crippen LogP contribution in [0.4, 0.5) is 11.4 Å². The minimum Gasteiger partial charge on any atom is -0.398 e. The summed E-state index contributed by atoms with van der Waals surface area (Å²) in [5, 5.41) is 4.68. The normalized spacial score (nSPS) is 28.1. The number of nitrogens with one attached hydrogen (secondary N) is 2. The van der Waals surface area contributed by atoms with E-state index in [1.165, 1.54) is 9.80 Å². The van der Waals surface area contributed by atoms with E-state index in [0.29, 0.717) is 33.6 Å². The average molecular weight is 773 g/mol. The van der Waals surface area contributed by atoms with Crippen molar-refractivity contribution in [1.82, 2.24) is 20.4 Å². The quantitative estimate of drug-likeness (QED) is 0.214. The molecular formula is C44H62N6O6. The highest BCUT2D eigenvalue weighted by Crippen LogP contribution is 2.55. The van der Waals surface area contributed by atoms with Crippen molar-refractivity contribution in [1.29, 1.82) is 0 Å². The van der Waals surface area contributed by atoms with Crippen LogP contribution >= 0.6 is 0 Å². The number of rotatable bonds is 2. The maximum absolute atomic E-state index is 13.8. The predicted octanol–water partition coefficient (Wildman–Crippen LogP) is 5.92. The first-order valence-corrected chi connectivity index (χ1v) is 19.1. The van der Waals surface area contributed by atoms with Gasteiger partial charge in [0.2, 0.25) is 23.6 Å². The lowest BCUT2D eigenvalue weighted by molar-refractivity contribution is -0.160. The Labute approximate surface area is 334 Å². The first kappa shape index (κ1) is 39.5. The fourth-order valence-electron chi connectivity index (χ4n) is 9.01. The molecule has 12 heteroatoms. The lowest BCUT2D eigenvalue weighted by Crippen LogP contribution is -2.70. The summed E-state index contributed by atoms with van der Waals surface area (Å²) >= 11 is 0. The second-order valence-corrected chi connectivity index (χ2v) is 19.2. The molecule has 2 saturated heterocycles. The molecule has 2 atom stereocenters. The van der Waals surface area contributed by atoms with E-state index in [9.17, 15) is 31.5 Å². The second-order valence-electron chi connectivity index (χ2n) is 19.2. The van der Waals surface area contributed by atoms with E-state index in [1.54, 1.807) is 55.4 Å². The van der Waals surface area contributed by atoms with Gasteiger partial charge in [-0.05, 0) is 103 Å². The zero-order chi connectivity index (χ0) is 45.0. The van der Waals surface area contributed by atoms with Crippen molar-refractivity contribution in [3.8, 4) is 0 Å². The summed E-state index contributed by atoms with van der Waals surface area (Å²) in [6.07, 6.45) is 0. The zero-order valence-electron chi connectivity index (χ0n) is 38.5. The van der Waals surface area contributed by atoms with Crippen molar-refractivity contribution < 1.29 is 31.5 Å². The molecule has 2 aromatic rings. The van der Waals surface area contributed by atoms with E-state index < -0.39 is 80.2 Å². The molecule has 6 rings (SSSR count). The Morgan fingerprint density at radius 2 is 0.750 bits per heavy atom. The molecule has 0 unspecified atom stereocenters. The number of anilines is 2. The van der Waals surface area contributed by atoms with Gasteiger partial charge >= 0.3 is 0 Å². The summed E-state index contributed by atoms with van der Waals surface area (Å²) in [5.41, 5.74) is 14.9. The molecule has 0 radical (unpaired) electrons. The molecule has 0 bridgehead atoms. The molecule has 4 aliphatic rings. The smallest absolute Gasteiger partial charge is 0.255 e. The summed E-state index contributed by atoms with van der Waals surface area (Å²) in [6.45, 7) is 32.3. The van der Waals surface area contributed by atoms with E-state index in [0.717, 1.165) is 33.4 Å². The van der Waals surface area contributed by atoms with Gasteiger partial charge in [0.1, 0.15) is 12.0 Å². The summed E-state index contributed by atoms with van der Waals surface area (Å²) in [5.74, 6) is -3.27. The number of amides is 6. The molecule has 304 valence electrons. The summed E-state index contributed by atoms with van der Waals surface area (Å²) in [7, 11) is 0. The van der Waals surface area contributed by atoms with Crippen LogP contribution in [-0.2, 0) is 30.3 Å². The first-order valence-electron chi connectivity index (χ1n) is 20.1. The lowest BCUT2D eigenvalue weighted by atomic mass is 9.60. The highest BCUT2D eigenvalue weighted by atomic mass is 16.2. The largest absolute Gasteiger partial charge is 0.398 e. The Bertz CT molecular complexity index is 2150. The van der Waals surface area contributed by atoms with E-state index in [1.807, 2.05) is 69.2 Å². The Morgan fingerprint density at radius 3 is 1.02 bits per heavy atom. The van der Waals surface area contributed by atoms with Gasteiger partial charge in [-0.2, -0.15) is 0 Å². The Hall–Kier alpha value is -4.74. The number of fused-ring (bicyclic) bond motifs is 2. The second kappa shape index (κ2) is 12.4. The van der Waals surface area contributed by atoms with Crippen LogP contribution < -0.4 is 22.1 Å². The lowest BCUT2D eigenvalue weighted by Gasteiger charge is -2.53. The van der Waals surface area contributed by atoms with Crippen LogP contribution in [0.1, 0.15) is 151 Å². The van der Waals surface area contributed by atoms with Gasteiger partial charge in [0, 0.05) is 33.3 Å². The number of piperidine rings is 2. The predicted molar refractivity (Wildman–Crippen MR) is 218 cm³/mol. The fraction of sp³-hybridized carbons (Fsp3) is 0.591. The van der Waals surface area contributed by atoms with E-state index in [2.05, 4.69) is 10.6 Å². The molecule has 12 nitrogen and oxygen atoms in total. The third-order valence-electron chi connectivity index (χ3n) is 14.8. The zero-order valence-corrected chi connectivity index (χ0v) is 36.5. The first-order chi connectivity index (χ1) is 25.9. The number of imide groups is 2. The third-order valence-corrected chi connectivity index (χ3v) is 14.8. The van der Waals surface area contributed by atoms with Crippen LogP contribution in [0.3, 0.4) is 0 Å². The SMILES string of the molecule is [2H][C@@]1(N2C(=O)c3c(C)c(C)c(C)c(N)c3C2(C)C)C(=O)NC(=O)C(C)(C)C1(C)C.[2H][C@]1(N2C(=O)c3c(C)c(C)c(C)c(N)c3C2(C)C)C(=O)NC(=O)C(C)(C)C1(C)C. The number of hydrogen-bond donors (Lipinski definition) is 4. The van der Waals surface area contributed by atoms with Crippen molar-refractivity contribution in [2.45, 2.75) is 148 Å². The van der Waals surface area contributed by atoms with Gasteiger partial charge in [0.25, 0.3) is 11.8 Å². The van der Waals surface area contributed by atoms with Gasteiger partial charge < -0.3 is 21.3 Å². The molecule has 0 spiro atoms. The van der Waals surface area contributed by atoms with Gasteiger partial charge in [-0.3, -0.25) is 39.4 Å². The number of nitrogens with zero attached hydrogens (tertiary/aromatic N) is 2. The number of nitrogens with two attached hydrogens (primary N) is 2. The van der Waals surface area contributed by atoms with Crippen molar-refractivity contribution in [3.63, 3.8) is 0 Å². The highest BCUT2D eigenvalue weighted by molar-refractivity contribution is 6.11. The monoisotopic (exact) mass is 772 g/mol.